The van der Waals surface area contributed by atoms with E-state index < -0.39 is 0 Å². The number of nitrogens with zero attached hydrogens (tertiary/aromatic N) is 3. The van der Waals surface area contributed by atoms with Crippen molar-refractivity contribution in [3.63, 3.8) is 0 Å². The lowest BCUT2D eigenvalue weighted by molar-refractivity contribution is -0.121. The monoisotopic (exact) mass is 384 g/mol. The number of para-hydroxylation sites is 2. The predicted molar refractivity (Wildman–Crippen MR) is 99.0 cm³/mol. The van der Waals surface area contributed by atoms with Gasteiger partial charge in [-0.1, -0.05) is 40.2 Å². The molecule has 6 heteroatoms. The minimum Gasteiger partial charge on any atom is -0.319 e. The quantitative estimate of drug-likeness (QED) is 0.551. The highest BCUT2D eigenvalue weighted by Gasteiger charge is 2.10. The van der Waals surface area contributed by atoms with Crippen molar-refractivity contribution in [2.75, 3.05) is 0 Å². The van der Waals surface area contributed by atoms with Gasteiger partial charge in [0.05, 0.1) is 16.7 Å². The maximum atomic E-state index is 12.2. The Morgan fingerprint density at radius 3 is 2.67 bits per heavy atom. The number of hydrazone groups is 1. The second-order valence-corrected chi connectivity index (χ2v) is 6.39. The van der Waals surface area contributed by atoms with E-state index in [9.17, 15) is 4.79 Å². The maximum absolute atomic E-state index is 12.2. The van der Waals surface area contributed by atoms with Crippen LogP contribution in [0.3, 0.4) is 0 Å². The Balaban J connectivity index is 1.72. The molecule has 0 aliphatic carbocycles. The molecule has 0 saturated heterocycles. The van der Waals surface area contributed by atoms with Gasteiger partial charge in [-0.25, -0.2) is 10.4 Å². The average molecular weight is 385 g/mol. The summed E-state index contributed by atoms with van der Waals surface area (Å²) >= 11 is 3.40. The molecule has 0 radical (unpaired) electrons. The summed E-state index contributed by atoms with van der Waals surface area (Å²) in [5.74, 6) is 0.623. The van der Waals surface area contributed by atoms with Crippen LogP contribution in [0.4, 0.5) is 0 Å². The van der Waals surface area contributed by atoms with Crippen molar-refractivity contribution in [3.8, 4) is 0 Å². The topological polar surface area (TPSA) is 59.3 Å². The van der Waals surface area contributed by atoms with E-state index in [4.69, 9.17) is 0 Å². The first-order chi connectivity index (χ1) is 11.5. The highest BCUT2D eigenvalue weighted by atomic mass is 79.9. The zero-order valence-corrected chi connectivity index (χ0v) is 15.0. The molecule has 1 N–H and O–H groups in total. The van der Waals surface area contributed by atoms with Crippen molar-refractivity contribution in [3.05, 3.63) is 64.4 Å². The van der Waals surface area contributed by atoms with E-state index in [0.29, 0.717) is 0 Å². The van der Waals surface area contributed by atoms with Crippen LogP contribution in [0.25, 0.3) is 11.0 Å². The Morgan fingerprint density at radius 2 is 1.92 bits per heavy atom. The zero-order chi connectivity index (χ0) is 17.1. The summed E-state index contributed by atoms with van der Waals surface area (Å²) in [6.07, 6.45) is 0. The number of aromatic nitrogens is 2. The number of carbonyl (C=O) groups is 1. The van der Waals surface area contributed by atoms with Crippen LogP contribution in [-0.2, 0) is 11.3 Å². The Labute approximate surface area is 148 Å². The molecule has 122 valence electrons. The van der Waals surface area contributed by atoms with Gasteiger partial charge in [-0.3, -0.25) is 4.79 Å². The number of carbonyl (C=O) groups excluding carboxylic acids is 1. The number of nitrogens with one attached hydrogen (secondary N) is 1. The number of amides is 1. The van der Waals surface area contributed by atoms with Gasteiger partial charge in [0.25, 0.3) is 5.91 Å². The summed E-state index contributed by atoms with van der Waals surface area (Å²) in [4.78, 5) is 16.7. The van der Waals surface area contributed by atoms with Crippen LogP contribution in [0.15, 0.2) is 58.1 Å². The van der Waals surface area contributed by atoms with Crippen LogP contribution in [0, 0.1) is 6.92 Å². The Morgan fingerprint density at radius 1 is 1.21 bits per heavy atom. The molecule has 24 heavy (non-hydrogen) atoms. The van der Waals surface area contributed by atoms with Crippen LogP contribution < -0.4 is 5.43 Å². The van der Waals surface area contributed by atoms with Gasteiger partial charge < -0.3 is 4.57 Å². The highest BCUT2D eigenvalue weighted by molar-refractivity contribution is 9.10. The van der Waals surface area contributed by atoms with Crippen molar-refractivity contribution >= 4 is 38.6 Å². The normalized spacial score (nSPS) is 11.7. The lowest BCUT2D eigenvalue weighted by Gasteiger charge is -2.06. The summed E-state index contributed by atoms with van der Waals surface area (Å²) in [7, 11) is 0. The molecule has 0 fully saturated rings. The van der Waals surface area contributed by atoms with Gasteiger partial charge >= 0.3 is 0 Å². The number of aryl methyl sites for hydroxylation is 1. The smallest absolute Gasteiger partial charge is 0.260 e. The van der Waals surface area contributed by atoms with E-state index in [1.165, 1.54) is 0 Å². The molecular weight excluding hydrogens is 368 g/mol. The average Bonchev–Trinajstić information content (AvgIpc) is 2.89. The van der Waals surface area contributed by atoms with Crippen molar-refractivity contribution < 1.29 is 4.79 Å². The molecule has 0 spiro atoms. The SMILES string of the molecule is C/C(=N/NC(=O)Cn1c(C)nc2ccccc21)c1ccc(Br)cc1. The van der Waals surface area contributed by atoms with Crippen molar-refractivity contribution in [2.45, 2.75) is 20.4 Å². The third kappa shape index (κ3) is 3.54. The Hall–Kier alpha value is -2.47. The molecule has 0 unspecified atom stereocenters. The van der Waals surface area contributed by atoms with E-state index in [0.717, 1.165) is 32.6 Å². The second-order valence-electron chi connectivity index (χ2n) is 5.47. The Bertz CT molecular complexity index is 912. The van der Waals surface area contributed by atoms with E-state index in [-0.39, 0.29) is 12.5 Å². The molecule has 1 heterocycles. The molecule has 1 aromatic heterocycles. The number of imidazole rings is 1. The predicted octanol–water partition coefficient (Wildman–Crippen LogP) is 3.65. The van der Waals surface area contributed by atoms with Crippen LogP contribution >= 0.6 is 15.9 Å². The maximum Gasteiger partial charge on any atom is 0.260 e. The first-order valence-electron chi connectivity index (χ1n) is 7.55. The largest absolute Gasteiger partial charge is 0.319 e. The molecule has 3 rings (SSSR count). The number of halogens is 1. The third-order valence-electron chi connectivity index (χ3n) is 3.76. The first kappa shape index (κ1) is 16.4. The van der Waals surface area contributed by atoms with Gasteiger partial charge in [0, 0.05) is 4.47 Å². The molecule has 0 aliphatic heterocycles. The second kappa shape index (κ2) is 6.97. The van der Waals surface area contributed by atoms with Crippen molar-refractivity contribution in [1.29, 1.82) is 0 Å². The van der Waals surface area contributed by atoms with Crippen LogP contribution in [0.5, 0.6) is 0 Å². The number of hydrogen-bond donors (Lipinski definition) is 1. The van der Waals surface area contributed by atoms with Crippen molar-refractivity contribution in [1.82, 2.24) is 15.0 Å². The number of rotatable bonds is 4. The van der Waals surface area contributed by atoms with E-state index in [2.05, 4.69) is 31.4 Å². The first-order valence-corrected chi connectivity index (χ1v) is 8.35. The van der Waals surface area contributed by atoms with Crippen LogP contribution in [0.1, 0.15) is 18.3 Å². The standard InChI is InChI=1S/C18H17BrN4O/c1-12(14-7-9-15(19)10-8-14)21-22-18(24)11-23-13(2)20-16-5-3-4-6-17(16)23/h3-10H,11H2,1-2H3,(H,22,24)/b21-12-. The van der Waals surface area contributed by atoms with E-state index in [1.54, 1.807) is 0 Å². The van der Waals surface area contributed by atoms with Gasteiger partial charge in [0.15, 0.2) is 0 Å². The van der Waals surface area contributed by atoms with Gasteiger partial charge in [-0.15, -0.1) is 0 Å². The van der Waals surface area contributed by atoms with Gasteiger partial charge in [0.2, 0.25) is 0 Å². The van der Waals surface area contributed by atoms with Gasteiger partial charge in [-0.2, -0.15) is 5.10 Å². The number of hydrogen-bond acceptors (Lipinski definition) is 3. The molecule has 3 aromatic rings. The van der Waals surface area contributed by atoms with Crippen molar-refractivity contribution in [2.24, 2.45) is 5.10 Å². The summed E-state index contributed by atoms with van der Waals surface area (Å²) in [6.45, 7) is 3.94. The minimum absolute atomic E-state index is 0.183. The molecule has 1 amide bonds. The summed E-state index contributed by atoms with van der Waals surface area (Å²) < 4.78 is 2.89. The highest BCUT2D eigenvalue weighted by Crippen LogP contribution is 2.15. The van der Waals surface area contributed by atoms with E-state index >= 15 is 0 Å². The lowest BCUT2D eigenvalue weighted by Crippen LogP contribution is -2.24. The molecule has 5 nitrogen and oxygen atoms in total. The van der Waals surface area contributed by atoms with E-state index in [1.807, 2.05) is 66.9 Å². The van der Waals surface area contributed by atoms with Crippen LogP contribution in [0.2, 0.25) is 0 Å². The Kier molecular flexibility index (Phi) is 4.76. The zero-order valence-electron chi connectivity index (χ0n) is 13.5. The van der Waals surface area contributed by atoms with Gasteiger partial charge in [0.1, 0.15) is 12.4 Å². The van der Waals surface area contributed by atoms with Gasteiger partial charge in [-0.05, 0) is 43.7 Å². The molecule has 2 aromatic carbocycles. The third-order valence-corrected chi connectivity index (χ3v) is 4.29. The summed E-state index contributed by atoms with van der Waals surface area (Å²) in [5, 5.41) is 4.18. The molecular formula is C18H17BrN4O. The number of fused-ring (bicyclic) bond motifs is 1. The lowest BCUT2D eigenvalue weighted by atomic mass is 10.1. The fourth-order valence-corrected chi connectivity index (χ4v) is 2.74. The number of benzene rings is 2. The minimum atomic E-state index is -0.183. The summed E-state index contributed by atoms with van der Waals surface area (Å²) in [5.41, 5.74) is 6.16. The fourth-order valence-electron chi connectivity index (χ4n) is 2.48. The molecule has 0 saturated carbocycles. The fraction of sp³-hybridized carbons (Fsp3) is 0.167. The molecule has 0 atom stereocenters. The molecule has 0 bridgehead atoms. The molecule has 0 aliphatic rings. The van der Waals surface area contributed by atoms with Crippen LogP contribution in [-0.4, -0.2) is 21.2 Å². The summed E-state index contributed by atoms with van der Waals surface area (Å²) in [6, 6.07) is 15.5.